The topological polar surface area (TPSA) is 68.1 Å². The molecule has 0 fully saturated rings. The lowest BCUT2D eigenvalue weighted by Gasteiger charge is -2.06. The van der Waals surface area contributed by atoms with E-state index in [2.05, 4.69) is 10.3 Å². The van der Waals surface area contributed by atoms with Gasteiger partial charge in [0.05, 0.1) is 0 Å². The Morgan fingerprint density at radius 1 is 1.24 bits per heavy atom. The first-order valence-corrected chi connectivity index (χ1v) is 5.10. The maximum Gasteiger partial charge on any atom is 0.387 e. The highest BCUT2D eigenvalue weighted by Gasteiger charge is 2.13. The SMILES string of the molecule is Cc1ccc(Nc2cccnc2[N+](=O)[O-])cc1. The molecule has 0 amide bonds. The van der Waals surface area contributed by atoms with Crippen molar-refractivity contribution < 1.29 is 4.92 Å². The van der Waals surface area contributed by atoms with Crippen LogP contribution in [0.5, 0.6) is 0 Å². The number of rotatable bonds is 3. The normalized spacial score (nSPS) is 9.94. The van der Waals surface area contributed by atoms with Crippen LogP contribution in [0.25, 0.3) is 0 Å². The van der Waals surface area contributed by atoms with Crippen LogP contribution in [-0.2, 0) is 0 Å². The zero-order valence-electron chi connectivity index (χ0n) is 9.25. The minimum atomic E-state index is -0.503. The average Bonchev–Trinajstić information content (AvgIpc) is 2.32. The van der Waals surface area contributed by atoms with Crippen molar-refractivity contribution in [2.75, 3.05) is 5.32 Å². The molecule has 5 nitrogen and oxygen atoms in total. The summed E-state index contributed by atoms with van der Waals surface area (Å²) in [5.74, 6) is -0.173. The highest BCUT2D eigenvalue weighted by Crippen LogP contribution is 2.24. The van der Waals surface area contributed by atoms with E-state index in [1.54, 1.807) is 12.1 Å². The van der Waals surface area contributed by atoms with Gasteiger partial charge in [0.2, 0.25) is 0 Å². The van der Waals surface area contributed by atoms with Gasteiger partial charge in [0.1, 0.15) is 11.9 Å². The van der Waals surface area contributed by atoms with Gasteiger partial charge in [-0.2, -0.15) is 0 Å². The van der Waals surface area contributed by atoms with Crippen LogP contribution in [0.3, 0.4) is 0 Å². The van der Waals surface area contributed by atoms with Gasteiger partial charge >= 0.3 is 5.82 Å². The molecule has 0 aliphatic carbocycles. The summed E-state index contributed by atoms with van der Waals surface area (Å²) < 4.78 is 0. The Morgan fingerprint density at radius 3 is 2.59 bits per heavy atom. The van der Waals surface area contributed by atoms with Gasteiger partial charge in [0, 0.05) is 5.69 Å². The summed E-state index contributed by atoms with van der Waals surface area (Å²) in [5, 5.41) is 13.7. The van der Waals surface area contributed by atoms with Crippen molar-refractivity contribution in [1.29, 1.82) is 0 Å². The van der Waals surface area contributed by atoms with E-state index < -0.39 is 4.92 Å². The van der Waals surface area contributed by atoms with Crippen LogP contribution in [-0.4, -0.2) is 9.91 Å². The predicted octanol–water partition coefficient (Wildman–Crippen LogP) is 3.04. The lowest BCUT2D eigenvalue weighted by atomic mass is 10.2. The van der Waals surface area contributed by atoms with E-state index in [1.165, 1.54) is 6.20 Å². The molecule has 2 aromatic rings. The molecule has 0 bridgehead atoms. The predicted molar refractivity (Wildman–Crippen MR) is 65.4 cm³/mol. The lowest BCUT2D eigenvalue weighted by molar-refractivity contribution is -0.388. The van der Waals surface area contributed by atoms with E-state index in [0.29, 0.717) is 5.69 Å². The third-order valence-corrected chi connectivity index (χ3v) is 2.29. The Morgan fingerprint density at radius 2 is 1.94 bits per heavy atom. The average molecular weight is 229 g/mol. The van der Waals surface area contributed by atoms with Crippen LogP contribution in [0.1, 0.15) is 5.56 Å². The molecule has 2 rings (SSSR count). The highest BCUT2D eigenvalue weighted by atomic mass is 16.6. The van der Waals surface area contributed by atoms with Gasteiger partial charge in [-0.3, -0.25) is 0 Å². The number of aromatic nitrogens is 1. The van der Waals surface area contributed by atoms with Crippen molar-refractivity contribution >= 4 is 17.2 Å². The number of benzene rings is 1. The van der Waals surface area contributed by atoms with Gasteiger partial charge in [0.25, 0.3) is 0 Å². The Balaban J connectivity index is 2.30. The highest BCUT2D eigenvalue weighted by molar-refractivity contribution is 5.66. The molecule has 0 saturated carbocycles. The smallest absolute Gasteiger partial charge is 0.358 e. The summed E-state index contributed by atoms with van der Waals surface area (Å²) in [6.45, 7) is 1.98. The first-order chi connectivity index (χ1) is 8.16. The van der Waals surface area contributed by atoms with E-state index in [0.717, 1.165) is 11.3 Å². The summed E-state index contributed by atoms with van der Waals surface area (Å²) in [5.41, 5.74) is 2.32. The summed E-state index contributed by atoms with van der Waals surface area (Å²) in [7, 11) is 0. The van der Waals surface area contributed by atoms with E-state index in [1.807, 2.05) is 31.2 Å². The number of pyridine rings is 1. The van der Waals surface area contributed by atoms with Crippen molar-refractivity contribution in [3.05, 3.63) is 58.3 Å². The monoisotopic (exact) mass is 229 g/mol. The quantitative estimate of drug-likeness (QED) is 0.648. The maximum atomic E-state index is 10.8. The molecule has 1 heterocycles. The molecule has 86 valence electrons. The molecular weight excluding hydrogens is 218 g/mol. The molecule has 17 heavy (non-hydrogen) atoms. The van der Waals surface area contributed by atoms with Crippen molar-refractivity contribution in [1.82, 2.24) is 4.98 Å². The molecule has 0 saturated heterocycles. The largest absolute Gasteiger partial charge is 0.387 e. The maximum absolute atomic E-state index is 10.8. The van der Waals surface area contributed by atoms with E-state index in [9.17, 15) is 10.1 Å². The minimum Gasteiger partial charge on any atom is -0.358 e. The Bertz CT molecular complexity index is 538. The fourth-order valence-corrected chi connectivity index (χ4v) is 1.43. The molecule has 1 aromatic carbocycles. The molecule has 0 spiro atoms. The fraction of sp³-hybridized carbons (Fsp3) is 0.0833. The van der Waals surface area contributed by atoms with Crippen molar-refractivity contribution in [2.24, 2.45) is 0 Å². The van der Waals surface area contributed by atoms with Crippen LogP contribution in [0.2, 0.25) is 0 Å². The number of aryl methyl sites for hydroxylation is 1. The lowest BCUT2D eigenvalue weighted by Crippen LogP contribution is -1.98. The summed E-state index contributed by atoms with van der Waals surface area (Å²) in [6.07, 6.45) is 1.40. The second-order valence-electron chi connectivity index (χ2n) is 3.62. The van der Waals surface area contributed by atoms with E-state index >= 15 is 0 Å². The molecular formula is C12H11N3O2. The van der Waals surface area contributed by atoms with E-state index in [-0.39, 0.29) is 5.82 Å². The summed E-state index contributed by atoms with van der Waals surface area (Å²) in [4.78, 5) is 14.0. The van der Waals surface area contributed by atoms with Gasteiger partial charge < -0.3 is 15.4 Å². The van der Waals surface area contributed by atoms with Crippen molar-refractivity contribution in [3.8, 4) is 0 Å². The molecule has 5 heteroatoms. The zero-order chi connectivity index (χ0) is 12.3. The number of hydrogen-bond acceptors (Lipinski definition) is 4. The van der Waals surface area contributed by atoms with Crippen LogP contribution >= 0.6 is 0 Å². The molecule has 0 atom stereocenters. The second kappa shape index (κ2) is 4.61. The fourth-order valence-electron chi connectivity index (χ4n) is 1.43. The first kappa shape index (κ1) is 11.1. The van der Waals surface area contributed by atoms with Gasteiger partial charge in [0.15, 0.2) is 0 Å². The van der Waals surface area contributed by atoms with Crippen LogP contribution in [0, 0.1) is 17.0 Å². The third-order valence-electron chi connectivity index (χ3n) is 2.29. The Kier molecular flexibility index (Phi) is 3.00. The number of nitrogens with one attached hydrogen (secondary N) is 1. The van der Waals surface area contributed by atoms with Crippen molar-refractivity contribution in [3.63, 3.8) is 0 Å². The minimum absolute atomic E-state index is 0.173. The van der Waals surface area contributed by atoms with Gasteiger partial charge in [-0.05, 0) is 41.1 Å². The number of anilines is 2. The van der Waals surface area contributed by atoms with Gasteiger partial charge in [-0.15, -0.1) is 0 Å². The zero-order valence-corrected chi connectivity index (χ0v) is 9.25. The van der Waals surface area contributed by atoms with Gasteiger partial charge in [-0.25, -0.2) is 0 Å². The number of hydrogen-bond donors (Lipinski definition) is 1. The second-order valence-corrected chi connectivity index (χ2v) is 3.62. The first-order valence-electron chi connectivity index (χ1n) is 5.10. The molecule has 1 aromatic heterocycles. The van der Waals surface area contributed by atoms with Crippen LogP contribution in [0.15, 0.2) is 42.6 Å². The summed E-state index contributed by atoms with van der Waals surface area (Å²) >= 11 is 0. The Hall–Kier alpha value is -2.43. The summed E-state index contributed by atoms with van der Waals surface area (Å²) in [6, 6.07) is 10.9. The molecule has 0 radical (unpaired) electrons. The third kappa shape index (κ3) is 2.57. The van der Waals surface area contributed by atoms with Crippen LogP contribution in [0.4, 0.5) is 17.2 Å². The molecule has 1 N–H and O–H groups in total. The van der Waals surface area contributed by atoms with E-state index in [4.69, 9.17) is 0 Å². The van der Waals surface area contributed by atoms with Crippen molar-refractivity contribution in [2.45, 2.75) is 6.92 Å². The number of nitro groups is 1. The van der Waals surface area contributed by atoms with Crippen LogP contribution < -0.4 is 5.32 Å². The standard InChI is InChI=1S/C12H11N3O2/c1-9-4-6-10(7-5-9)14-11-3-2-8-13-12(11)15(16)17/h2-8,14H,1H3. The molecule has 0 unspecified atom stereocenters. The molecule has 0 aliphatic rings. The molecule has 0 aliphatic heterocycles. The van der Waals surface area contributed by atoms with Gasteiger partial charge in [-0.1, -0.05) is 17.7 Å². The Labute approximate surface area is 98.3 Å². The number of nitrogens with zero attached hydrogens (tertiary/aromatic N) is 2.